The van der Waals surface area contributed by atoms with Crippen molar-refractivity contribution in [2.24, 2.45) is 0 Å². The van der Waals surface area contributed by atoms with Gasteiger partial charge < -0.3 is 28.7 Å². The molecule has 0 N–H and O–H groups in total. The van der Waals surface area contributed by atoms with Gasteiger partial charge >= 0.3 is 118 Å². The molecule has 0 radical (unpaired) electrons. The number of rotatable bonds is 11. The van der Waals surface area contributed by atoms with Crippen molar-refractivity contribution in [1.82, 2.24) is 0 Å². The normalized spacial score (nSPS) is 11.5. The first-order valence-electron chi connectivity index (χ1n) is 7.77. The molecule has 0 rings (SSSR count). The molecule has 0 bridgehead atoms. The molecular weight excluding hydrogens is 430 g/mol. The van der Waals surface area contributed by atoms with Crippen molar-refractivity contribution in [2.75, 3.05) is 0 Å². The molecule has 0 atom stereocenters. The summed E-state index contributed by atoms with van der Waals surface area (Å²) in [4.78, 5) is 43.3. The van der Waals surface area contributed by atoms with Crippen molar-refractivity contribution < 1.29 is 147 Å². The zero-order valence-corrected chi connectivity index (χ0v) is 27.8. The van der Waals surface area contributed by atoms with Gasteiger partial charge in [-0.15, -0.1) is 0 Å². The van der Waals surface area contributed by atoms with Crippen LogP contribution in [0.25, 0.3) is 0 Å². The average Bonchev–Trinajstić information content (AvgIpc) is 2.33. The molecule has 0 aromatic carbocycles. The summed E-state index contributed by atoms with van der Waals surface area (Å²) >= 11 is 0. The summed E-state index contributed by atoms with van der Waals surface area (Å²) in [5.41, 5.74) is 2.56. The predicted molar refractivity (Wildman–Crippen MR) is 84.5 cm³/mol. The molecule has 0 aliphatic rings. The van der Waals surface area contributed by atoms with Crippen LogP contribution >= 0.6 is 15.2 Å². The van der Waals surface area contributed by atoms with Gasteiger partial charge in [0.25, 0.3) is 0 Å². The monoisotopic (exact) mass is 456 g/mol. The molecule has 0 saturated heterocycles. The van der Waals surface area contributed by atoms with Crippen LogP contribution in [-0.2, 0) is 9.13 Å². The molecule has 0 aliphatic heterocycles. The molecule has 0 aromatic heterocycles. The summed E-state index contributed by atoms with van der Waals surface area (Å²) in [7, 11) is -10.8. The van der Waals surface area contributed by atoms with Gasteiger partial charge in [0.2, 0.25) is 0 Å². The van der Waals surface area contributed by atoms with Crippen LogP contribution in [0.3, 0.4) is 0 Å². The van der Waals surface area contributed by atoms with Gasteiger partial charge in [0.1, 0.15) is 0 Å². The Morgan fingerprint density at radius 2 is 1.26 bits per heavy atom. The van der Waals surface area contributed by atoms with Gasteiger partial charge in [0.05, 0.1) is 0 Å². The fraction of sp³-hybridized carbons (Fsp3) is 0.733. The van der Waals surface area contributed by atoms with E-state index in [1.807, 2.05) is 6.92 Å². The van der Waals surface area contributed by atoms with Crippen LogP contribution in [0.2, 0.25) is 0 Å². The van der Waals surface area contributed by atoms with Crippen molar-refractivity contribution >= 4 is 15.2 Å². The summed E-state index contributed by atoms with van der Waals surface area (Å²) in [6.07, 6.45) is 8.24. The zero-order chi connectivity index (χ0) is 18.1. The molecular formula is C15H26Na4O6P2. The Morgan fingerprint density at radius 1 is 0.778 bits per heavy atom. The van der Waals surface area contributed by atoms with E-state index in [1.54, 1.807) is 0 Å². The second kappa shape index (κ2) is 21.6. The number of unbranched alkanes of at least 4 members (excludes halogenated alkanes) is 3. The Balaban J connectivity index is -0.000000403. The molecule has 0 unspecified atom stereocenters. The van der Waals surface area contributed by atoms with Crippen LogP contribution in [-0.4, -0.2) is 5.40 Å². The molecule has 12 heteroatoms. The van der Waals surface area contributed by atoms with E-state index in [9.17, 15) is 28.7 Å². The van der Waals surface area contributed by atoms with Crippen molar-refractivity contribution in [2.45, 2.75) is 71.1 Å². The van der Waals surface area contributed by atoms with Crippen molar-refractivity contribution in [3.8, 4) is 0 Å². The third kappa shape index (κ3) is 24.3. The third-order valence-electron chi connectivity index (χ3n) is 3.48. The fourth-order valence-corrected chi connectivity index (χ4v) is 4.56. The van der Waals surface area contributed by atoms with Crippen LogP contribution in [0.15, 0.2) is 23.3 Å². The molecule has 0 amide bonds. The predicted octanol–water partition coefficient (Wildman–Crippen LogP) is -10.2. The minimum Gasteiger partial charge on any atom is -0.810 e. The smallest absolute Gasteiger partial charge is 0.810 e. The maximum Gasteiger partial charge on any atom is 1.00 e. The first-order chi connectivity index (χ1) is 10.4. The maximum atomic E-state index is 10.8. The Morgan fingerprint density at radius 3 is 1.67 bits per heavy atom. The van der Waals surface area contributed by atoms with Gasteiger partial charge in [-0.3, -0.25) is 0 Å². The molecule has 0 aliphatic carbocycles. The molecule has 0 heterocycles. The van der Waals surface area contributed by atoms with E-state index in [2.05, 4.69) is 26.0 Å². The average molecular weight is 456 g/mol. The van der Waals surface area contributed by atoms with Gasteiger partial charge in [0, 0.05) is 5.40 Å². The summed E-state index contributed by atoms with van der Waals surface area (Å²) in [5, 5.41) is -2.31. The first-order valence-corrected chi connectivity index (χ1v) is 11.0. The van der Waals surface area contributed by atoms with E-state index >= 15 is 0 Å². The van der Waals surface area contributed by atoms with Gasteiger partial charge in [-0.25, -0.2) is 0 Å². The minimum absolute atomic E-state index is 0. The molecule has 0 saturated carbocycles. The largest absolute Gasteiger partial charge is 1.00 e. The van der Waals surface area contributed by atoms with Crippen LogP contribution in [0.1, 0.15) is 65.7 Å². The molecule has 0 spiro atoms. The van der Waals surface area contributed by atoms with Crippen molar-refractivity contribution in [3.63, 3.8) is 0 Å². The maximum absolute atomic E-state index is 10.8. The minimum atomic E-state index is -5.39. The second-order valence-electron chi connectivity index (χ2n) is 6.07. The molecule has 136 valence electrons. The Bertz CT molecular complexity index is 490. The van der Waals surface area contributed by atoms with Crippen molar-refractivity contribution in [3.05, 3.63) is 23.3 Å². The standard InChI is InChI=1S/C15H30O6P2.4Na/c1-13(2)9-8-11-14(3)10-6-4-5-7-12-15(22(16,17)18)23(19,20)21;;;;/h9-10,15H,4-8,11-12H2,1-3H3,(H2,16,17,18)(H2,19,20,21);;;;/q;4*+1/p-4/b14-10+;;;;. The van der Waals surface area contributed by atoms with E-state index in [1.165, 1.54) is 11.1 Å². The van der Waals surface area contributed by atoms with Crippen molar-refractivity contribution in [1.29, 1.82) is 0 Å². The quantitative estimate of drug-likeness (QED) is 0.132. The molecule has 27 heavy (non-hydrogen) atoms. The van der Waals surface area contributed by atoms with Crippen LogP contribution < -0.4 is 138 Å². The van der Waals surface area contributed by atoms with Gasteiger partial charge in [-0.1, -0.05) is 51.3 Å². The molecule has 0 aromatic rings. The van der Waals surface area contributed by atoms with E-state index in [-0.39, 0.29) is 125 Å². The van der Waals surface area contributed by atoms with E-state index in [4.69, 9.17) is 0 Å². The van der Waals surface area contributed by atoms with E-state index in [0.717, 1.165) is 25.7 Å². The first kappa shape index (κ1) is 41.1. The second-order valence-corrected chi connectivity index (χ2v) is 9.88. The number of hydrogen-bond donors (Lipinski definition) is 0. The van der Waals surface area contributed by atoms with Crippen LogP contribution in [0.4, 0.5) is 0 Å². The van der Waals surface area contributed by atoms with Gasteiger partial charge in [-0.05, 0) is 52.9 Å². The Kier molecular flexibility index (Phi) is 32.9. The van der Waals surface area contributed by atoms with Gasteiger partial charge in [0.15, 0.2) is 0 Å². The third-order valence-corrected chi connectivity index (χ3v) is 7.15. The SMILES string of the molecule is CC(C)=CCC/C(C)=C/CCCCCC(P(=O)([O-])[O-])P(=O)([O-])[O-].[Na+].[Na+].[Na+].[Na+]. The van der Waals surface area contributed by atoms with Gasteiger partial charge in [-0.2, -0.15) is 0 Å². The fourth-order valence-electron chi connectivity index (χ4n) is 2.18. The Labute approximate surface area is 252 Å². The zero-order valence-electron chi connectivity index (χ0n) is 18.0. The summed E-state index contributed by atoms with van der Waals surface area (Å²) in [6, 6.07) is 0. The van der Waals surface area contributed by atoms with E-state index < -0.39 is 27.0 Å². The topological polar surface area (TPSA) is 126 Å². The summed E-state index contributed by atoms with van der Waals surface area (Å²) in [6.45, 7) is 6.15. The summed E-state index contributed by atoms with van der Waals surface area (Å²) < 4.78 is 21.6. The van der Waals surface area contributed by atoms with E-state index in [0.29, 0.717) is 6.42 Å². The molecule has 0 fully saturated rings. The van der Waals surface area contributed by atoms with Crippen LogP contribution in [0, 0.1) is 0 Å². The summed E-state index contributed by atoms with van der Waals surface area (Å²) in [5.74, 6) is 0. The number of hydrogen-bond acceptors (Lipinski definition) is 6. The Hall–Kier alpha value is 3.78. The van der Waals surface area contributed by atoms with Crippen LogP contribution in [0.5, 0.6) is 0 Å². The number of allylic oxidation sites excluding steroid dienone is 4. The molecule has 6 nitrogen and oxygen atoms in total.